The van der Waals surface area contributed by atoms with Crippen molar-refractivity contribution in [1.82, 2.24) is 9.97 Å². The van der Waals surface area contributed by atoms with Gasteiger partial charge in [0, 0.05) is 10.8 Å². The van der Waals surface area contributed by atoms with E-state index in [1.165, 1.54) is 11.3 Å². The van der Waals surface area contributed by atoms with Crippen molar-refractivity contribution in [2.45, 2.75) is 0 Å². The fourth-order valence-electron chi connectivity index (χ4n) is 1.86. The van der Waals surface area contributed by atoms with Gasteiger partial charge in [-0.2, -0.15) is 0 Å². The average Bonchev–Trinajstić information content (AvgIpc) is 2.84. The number of nitrogens with two attached hydrogens (primary N) is 1. The number of methoxy groups -OCH3 is 1. The second-order valence-electron chi connectivity index (χ2n) is 3.96. The lowest BCUT2D eigenvalue weighted by molar-refractivity contribution is 0.415. The van der Waals surface area contributed by atoms with Crippen LogP contribution in [0.15, 0.2) is 29.6 Å². The van der Waals surface area contributed by atoms with Gasteiger partial charge in [-0.1, -0.05) is 11.6 Å². The van der Waals surface area contributed by atoms with Gasteiger partial charge in [-0.05, 0) is 29.7 Å². The molecule has 0 aliphatic heterocycles. The third-order valence-electron chi connectivity index (χ3n) is 2.78. The van der Waals surface area contributed by atoms with Crippen molar-refractivity contribution in [2.24, 2.45) is 0 Å². The molecule has 0 bridgehead atoms. The number of nitrogens with zero attached hydrogens (tertiary/aromatic N) is 2. The van der Waals surface area contributed by atoms with E-state index in [0.717, 1.165) is 22.2 Å². The van der Waals surface area contributed by atoms with Crippen LogP contribution in [0.5, 0.6) is 5.75 Å². The molecule has 3 rings (SSSR count). The summed E-state index contributed by atoms with van der Waals surface area (Å²) in [6, 6.07) is 7.60. The minimum absolute atomic E-state index is 0.446. The summed E-state index contributed by atoms with van der Waals surface area (Å²) in [5.41, 5.74) is 7.08. The zero-order valence-electron chi connectivity index (χ0n) is 10.1. The molecule has 4 nitrogen and oxygen atoms in total. The molecule has 0 spiro atoms. The van der Waals surface area contributed by atoms with Crippen molar-refractivity contribution in [3.05, 3.63) is 34.8 Å². The predicted molar refractivity (Wildman–Crippen MR) is 78.8 cm³/mol. The van der Waals surface area contributed by atoms with E-state index in [9.17, 15) is 0 Å². The minimum atomic E-state index is 0.446. The van der Waals surface area contributed by atoms with Gasteiger partial charge in [0.15, 0.2) is 5.13 Å². The standard InChI is InChI=1S/C13H10ClN3OS/c1-18-8-2-3-9-7(4-8)5-10(16-12(9)14)11-6-19-13(15)17-11/h2-6H,1H3,(H2,15,17). The monoisotopic (exact) mass is 291 g/mol. The fourth-order valence-corrected chi connectivity index (χ4v) is 2.68. The Balaban J connectivity index is 2.22. The highest BCUT2D eigenvalue weighted by molar-refractivity contribution is 7.13. The second-order valence-corrected chi connectivity index (χ2v) is 5.20. The largest absolute Gasteiger partial charge is 0.497 e. The highest BCUT2D eigenvalue weighted by atomic mass is 35.5. The highest BCUT2D eigenvalue weighted by Gasteiger charge is 2.09. The number of anilines is 1. The van der Waals surface area contributed by atoms with Crippen molar-refractivity contribution < 1.29 is 4.74 Å². The molecule has 0 aliphatic rings. The van der Waals surface area contributed by atoms with E-state index in [1.54, 1.807) is 7.11 Å². The summed E-state index contributed by atoms with van der Waals surface area (Å²) in [5, 5.41) is 4.66. The summed E-state index contributed by atoms with van der Waals surface area (Å²) in [6.07, 6.45) is 0. The molecule has 0 amide bonds. The molecule has 0 aliphatic carbocycles. The summed E-state index contributed by atoms with van der Waals surface area (Å²) < 4.78 is 5.21. The SMILES string of the molecule is COc1ccc2c(Cl)nc(-c3csc(N)n3)cc2c1. The molecule has 0 radical (unpaired) electrons. The number of thiazole rings is 1. The number of rotatable bonds is 2. The maximum atomic E-state index is 6.21. The maximum absolute atomic E-state index is 6.21. The molecule has 2 heterocycles. The zero-order valence-corrected chi connectivity index (χ0v) is 11.6. The van der Waals surface area contributed by atoms with Gasteiger partial charge in [0.05, 0.1) is 12.8 Å². The molecule has 2 aromatic heterocycles. The molecule has 0 unspecified atom stereocenters. The average molecular weight is 292 g/mol. The van der Waals surface area contributed by atoms with Gasteiger partial charge in [0.1, 0.15) is 16.6 Å². The number of hydrogen-bond acceptors (Lipinski definition) is 5. The molecule has 0 saturated heterocycles. The molecular weight excluding hydrogens is 282 g/mol. The Hall–Kier alpha value is -1.85. The van der Waals surface area contributed by atoms with Crippen LogP contribution < -0.4 is 10.5 Å². The summed E-state index contributed by atoms with van der Waals surface area (Å²) in [5.74, 6) is 0.776. The Morgan fingerprint density at radius 2 is 2.05 bits per heavy atom. The van der Waals surface area contributed by atoms with E-state index in [1.807, 2.05) is 29.6 Å². The number of fused-ring (bicyclic) bond motifs is 1. The van der Waals surface area contributed by atoms with Gasteiger partial charge in [0.2, 0.25) is 0 Å². The summed E-state index contributed by atoms with van der Waals surface area (Å²) in [7, 11) is 1.63. The third kappa shape index (κ3) is 2.22. The molecule has 1 aromatic carbocycles. The molecule has 19 heavy (non-hydrogen) atoms. The van der Waals surface area contributed by atoms with Gasteiger partial charge in [-0.25, -0.2) is 9.97 Å². The second kappa shape index (κ2) is 4.68. The molecule has 0 fully saturated rings. The number of halogens is 1. The van der Waals surface area contributed by atoms with E-state index in [2.05, 4.69) is 9.97 Å². The first-order valence-electron chi connectivity index (χ1n) is 5.53. The number of ether oxygens (including phenoxy) is 1. The van der Waals surface area contributed by atoms with Crippen LogP contribution in [0.1, 0.15) is 0 Å². The molecule has 6 heteroatoms. The lowest BCUT2D eigenvalue weighted by Gasteiger charge is -2.05. The van der Waals surface area contributed by atoms with Gasteiger partial charge in [0.25, 0.3) is 0 Å². The van der Waals surface area contributed by atoms with Crippen LogP contribution in [-0.2, 0) is 0 Å². The Morgan fingerprint density at radius 1 is 1.21 bits per heavy atom. The van der Waals surface area contributed by atoms with Crippen molar-refractivity contribution in [1.29, 1.82) is 0 Å². The Labute approximate surface area is 118 Å². The van der Waals surface area contributed by atoms with Gasteiger partial charge in [-0.3, -0.25) is 0 Å². The summed E-state index contributed by atoms with van der Waals surface area (Å²) in [4.78, 5) is 8.57. The van der Waals surface area contributed by atoms with Crippen molar-refractivity contribution in [3.63, 3.8) is 0 Å². The molecule has 2 N–H and O–H groups in total. The molecule has 0 saturated carbocycles. The maximum Gasteiger partial charge on any atom is 0.180 e. The fraction of sp³-hybridized carbons (Fsp3) is 0.0769. The quantitative estimate of drug-likeness (QED) is 0.733. The van der Waals surface area contributed by atoms with Crippen LogP contribution in [0.25, 0.3) is 22.2 Å². The van der Waals surface area contributed by atoms with Crippen LogP contribution in [0.4, 0.5) is 5.13 Å². The summed E-state index contributed by atoms with van der Waals surface area (Å²) >= 11 is 7.58. The predicted octanol–water partition coefficient (Wildman–Crippen LogP) is 3.60. The van der Waals surface area contributed by atoms with Gasteiger partial charge >= 0.3 is 0 Å². The number of pyridine rings is 1. The summed E-state index contributed by atoms with van der Waals surface area (Å²) in [6.45, 7) is 0. The Morgan fingerprint density at radius 3 is 2.74 bits per heavy atom. The number of aromatic nitrogens is 2. The van der Waals surface area contributed by atoms with E-state index in [0.29, 0.717) is 16.0 Å². The number of hydrogen-bond donors (Lipinski definition) is 1. The normalized spacial score (nSPS) is 10.8. The molecule has 0 atom stereocenters. The molecule has 96 valence electrons. The topological polar surface area (TPSA) is 61.0 Å². The Kier molecular flexibility index (Phi) is 3.00. The van der Waals surface area contributed by atoms with Crippen LogP contribution in [0.3, 0.4) is 0 Å². The first-order valence-corrected chi connectivity index (χ1v) is 6.79. The zero-order chi connectivity index (χ0) is 13.4. The first kappa shape index (κ1) is 12.2. The van der Waals surface area contributed by atoms with Gasteiger partial charge in [-0.15, -0.1) is 11.3 Å². The van der Waals surface area contributed by atoms with Crippen LogP contribution in [0.2, 0.25) is 5.15 Å². The van der Waals surface area contributed by atoms with Crippen LogP contribution >= 0.6 is 22.9 Å². The lowest BCUT2D eigenvalue weighted by atomic mass is 10.1. The Bertz CT molecular complexity index is 757. The van der Waals surface area contributed by atoms with Crippen LogP contribution in [0, 0.1) is 0 Å². The highest BCUT2D eigenvalue weighted by Crippen LogP contribution is 2.30. The molecular formula is C13H10ClN3OS. The van der Waals surface area contributed by atoms with E-state index >= 15 is 0 Å². The van der Waals surface area contributed by atoms with Crippen molar-refractivity contribution in [2.75, 3.05) is 12.8 Å². The minimum Gasteiger partial charge on any atom is -0.497 e. The van der Waals surface area contributed by atoms with E-state index in [-0.39, 0.29) is 0 Å². The number of benzene rings is 1. The van der Waals surface area contributed by atoms with E-state index < -0.39 is 0 Å². The number of nitrogen functional groups attached to an aromatic ring is 1. The third-order valence-corrected chi connectivity index (χ3v) is 3.74. The van der Waals surface area contributed by atoms with Crippen molar-refractivity contribution >= 4 is 38.8 Å². The van der Waals surface area contributed by atoms with E-state index in [4.69, 9.17) is 22.1 Å². The van der Waals surface area contributed by atoms with Gasteiger partial charge < -0.3 is 10.5 Å². The van der Waals surface area contributed by atoms with Crippen molar-refractivity contribution in [3.8, 4) is 17.1 Å². The molecule has 3 aromatic rings. The smallest absolute Gasteiger partial charge is 0.180 e. The van der Waals surface area contributed by atoms with Crippen LogP contribution in [-0.4, -0.2) is 17.1 Å². The lowest BCUT2D eigenvalue weighted by Crippen LogP contribution is -1.89. The first-order chi connectivity index (χ1) is 9.17.